The van der Waals surface area contributed by atoms with Crippen molar-refractivity contribution in [2.75, 3.05) is 5.32 Å². The van der Waals surface area contributed by atoms with Gasteiger partial charge in [0.05, 0.1) is 0 Å². The van der Waals surface area contributed by atoms with Crippen molar-refractivity contribution >= 4 is 17.5 Å². The molecule has 0 atom stereocenters. The van der Waals surface area contributed by atoms with Crippen molar-refractivity contribution in [1.29, 1.82) is 0 Å². The van der Waals surface area contributed by atoms with Crippen LogP contribution in [-0.2, 0) is 19.4 Å². The van der Waals surface area contributed by atoms with Gasteiger partial charge in [-0.15, -0.1) is 0 Å². The minimum atomic E-state index is -0.321. The number of benzene rings is 2. The molecule has 0 saturated carbocycles. The molecule has 2 amide bonds. The number of pyridine rings is 1. The predicted molar refractivity (Wildman–Crippen MR) is 115 cm³/mol. The van der Waals surface area contributed by atoms with E-state index in [1.54, 1.807) is 6.07 Å². The number of anilines is 1. The molecule has 5 nitrogen and oxygen atoms in total. The lowest BCUT2D eigenvalue weighted by Crippen LogP contribution is -2.24. The van der Waals surface area contributed by atoms with E-state index < -0.39 is 0 Å². The number of amides is 2. The molecule has 0 saturated heterocycles. The van der Waals surface area contributed by atoms with Crippen molar-refractivity contribution in [3.05, 3.63) is 94.8 Å². The zero-order chi connectivity index (χ0) is 20.6. The molecule has 0 aliphatic heterocycles. The summed E-state index contributed by atoms with van der Waals surface area (Å²) >= 11 is 0. The van der Waals surface area contributed by atoms with Crippen LogP contribution >= 0.6 is 0 Å². The highest BCUT2D eigenvalue weighted by atomic mass is 16.2. The molecule has 0 fully saturated rings. The second-order valence-corrected chi connectivity index (χ2v) is 6.71. The summed E-state index contributed by atoms with van der Waals surface area (Å²) in [5.74, 6) is -0.563. The van der Waals surface area contributed by atoms with Crippen LogP contribution < -0.4 is 10.6 Å². The van der Waals surface area contributed by atoms with Gasteiger partial charge in [-0.1, -0.05) is 62.4 Å². The first kappa shape index (κ1) is 20.3. The molecular formula is C24H25N3O2. The lowest BCUT2D eigenvalue weighted by atomic mass is 10.0. The average molecular weight is 387 g/mol. The van der Waals surface area contributed by atoms with E-state index in [0.717, 1.165) is 35.2 Å². The zero-order valence-electron chi connectivity index (χ0n) is 16.7. The number of nitrogens with one attached hydrogen (secondary N) is 2. The number of carbonyl (C=O) groups is 2. The van der Waals surface area contributed by atoms with Gasteiger partial charge in [-0.2, -0.15) is 0 Å². The third-order valence-corrected chi connectivity index (χ3v) is 4.79. The number of hydrogen-bond acceptors (Lipinski definition) is 3. The van der Waals surface area contributed by atoms with Gasteiger partial charge in [-0.05, 0) is 41.7 Å². The number of nitrogens with zero attached hydrogens (tertiary/aromatic N) is 1. The first-order valence-electron chi connectivity index (χ1n) is 9.82. The fourth-order valence-corrected chi connectivity index (χ4v) is 3.16. The SMILES string of the molecule is CCc1cccc(CC)c1NC(=O)c1cc(C(=O)NCc2ccccc2)ccn1. The Morgan fingerprint density at radius 1 is 0.862 bits per heavy atom. The van der Waals surface area contributed by atoms with Gasteiger partial charge in [-0.25, -0.2) is 0 Å². The Balaban J connectivity index is 1.74. The molecule has 0 aliphatic rings. The molecule has 2 N–H and O–H groups in total. The summed E-state index contributed by atoms with van der Waals surface area (Å²) < 4.78 is 0. The van der Waals surface area contributed by atoms with Crippen LogP contribution in [0.15, 0.2) is 66.9 Å². The van der Waals surface area contributed by atoms with E-state index in [1.165, 1.54) is 12.3 Å². The topological polar surface area (TPSA) is 71.1 Å². The molecule has 29 heavy (non-hydrogen) atoms. The molecule has 148 valence electrons. The van der Waals surface area contributed by atoms with Crippen molar-refractivity contribution in [2.45, 2.75) is 33.2 Å². The van der Waals surface area contributed by atoms with Crippen molar-refractivity contribution in [1.82, 2.24) is 10.3 Å². The number of hydrogen-bond donors (Lipinski definition) is 2. The normalized spacial score (nSPS) is 10.4. The van der Waals surface area contributed by atoms with E-state index >= 15 is 0 Å². The van der Waals surface area contributed by atoms with Crippen molar-refractivity contribution in [3.8, 4) is 0 Å². The molecule has 2 aromatic carbocycles. The highest BCUT2D eigenvalue weighted by Crippen LogP contribution is 2.23. The fourth-order valence-electron chi connectivity index (χ4n) is 3.16. The van der Waals surface area contributed by atoms with E-state index in [0.29, 0.717) is 12.1 Å². The van der Waals surface area contributed by atoms with E-state index in [-0.39, 0.29) is 17.5 Å². The van der Waals surface area contributed by atoms with E-state index in [2.05, 4.69) is 29.5 Å². The second-order valence-electron chi connectivity index (χ2n) is 6.71. The minimum Gasteiger partial charge on any atom is -0.348 e. The first-order chi connectivity index (χ1) is 14.1. The molecule has 3 aromatic rings. The lowest BCUT2D eigenvalue weighted by molar-refractivity contribution is 0.0951. The van der Waals surface area contributed by atoms with Crippen LogP contribution in [-0.4, -0.2) is 16.8 Å². The van der Waals surface area contributed by atoms with Crippen LogP contribution in [0.2, 0.25) is 0 Å². The maximum absolute atomic E-state index is 12.8. The Labute approximate surface area is 171 Å². The lowest BCUT2D eigenvalue weighted by Gasteiger charge is -2.14. The predicted octanol–water partition coefficient (Wildman–Crippen LogP) is 4.39. The van der Waals surface area contributed by atoms with E-state index in [4.69, 9.17) is 0 Å². The van der Waals surface area contributed by atoms with Crippen LogP contribution in [0, 0.1) is 0 Å². The molecule has 0 aliphatic carbocycles. The number of aromatic nitrogens is 1. The highest BCUT2D eigenvalue weighted by Gasteiger charge is 2.15. The van der Waals surface area contributed by atoms with Gasteiger partial charge in [-0.3, -0.25) is 14.6 Å². The van der Waals surface area contributed by atoms with Gasteiger partial charge in [0.15, 0.2) is 0 Å². The summed E-state index contributed by atoms with van der Waals surface area (Å²) in [5, 5.41) is 5.86. The smallest absolute Gasteiger partial charge is 0.274 e. The largest absolute Gasteiger partial charge is 0.348 e. The fraction of sp³-hybridized carbons (Fsp3) is 0.208. The third-order valence-electron chi connectivity index (χ3n) is 4.79. The van der Waals surface area contributed by atoms with Crippen LogP contribution in [0.5, 0.6) is 0 Å². The quantitative estimate of drug-likeness (QED) is 0.632. The van der Waals surface area contributed by atoms with Crippen LogP contribution in [0.25, 0.3) is 0 Å². The van der Waals surface area contributed by atoms with Crippen LogP contribution in [0.3, 0.4) is 0 Å². The summed E-state index contributed by atoms with van der Waals surface area (Å²) in [6.07, 6.45) is 3.12. The minimum absolute atomic E-state index is 0.213. The van der Waals surface area contributed by atoms with Gasteiger partial charge in [0.1, 0.15) is 5.69 Å². The molecule has 0 bridgehead atoms. The standard InChI is InChI=1S/C24H25N3O2/c1-3-18-11-8-12-19(4-2)22(18)27-24(29)21-15-20(13-14-25-21)23(28)26-16-17-9-6-5-7-10-17/h5-15H,3-4,16H2,1-2H3,(H,26,28)(H,27,29). The molecule has 5 heteroatoms. The van der Waals surface area contributed by atoms with Crippen LogP contribution in [0.4, 0.5) is 5.69 Å². The summed E-state index contributed by atoms with van der Waals surface area (Å²) in [5.41, 5.74) is 4.62. The zero-order valence-corrected chi connectivity index (χ0v) is 16.7. The Bertz CT molecular complexity index is 978. The Morgan fingerprint density at radius 2 is 1.55 bits per heavy atom. The average Bonchev–Trinajstić information content (AvgIpc) is 2.78. The summed E-state index contributed by atoms with van der Waals surface area (Å²) in [7, 11) is 0. The number of aryl methyl sites for hydroxylation is 2. The third kappa shape index (κ3) is 5.08. The number of rotatable bonds is 7. The van der Waals surface area contributed by atoms with Gasteiger partial charge in [0.2, 0.25) is 0 Å². The van der Waals surface area contributed by atoms with E-state index in [9.17, 15) is 9.59 Å². The number of para-hydroxylation sites is 1. The molecule has 1 heterocycles. The monoisotopic (exact) mass is 387 g/mol. The number of carbonyl (C=O) groups excluding carboxylic acids is 2. The molecule has 0 radical (unpaired) electrons. The Morgan fingerprint density at radius 3 is 2.21 bits per heavy atom. The molecule has 0 unspecified atom stereocenters. The van der Waals surface area contributed by atoms with Gasteiger partial charge in [0.25, 0.3) is 11.8 Å². The Hall–Kier alpha value is -3.47. The van der Waals surface area contributed by atoms with Gasteiger partial charge in [0, 0.05) is 24.0 Å². The van der Waals surface area contributed by atoms with Gasteiger partial charge >= 0.3 is 0 Å². The highest BCUT2D eigenvalue weighted by molar-refractivity contribution is 6.05. The van der Waals surface area contributed by atoms with Gasteiger partial charge < -0.3 is 10.6 Å². The van der Waals surface area contributed by atoms with E-state index in [1.807, 2.05) is 48.5 Å². The Kier molecular flexibility index (Phi) is 6.74. The molecular weight excluding hydrogens is 362 g/mol. The van der Waals surface area contributed by atoms with Crippen LogP contribution in [0.1, 0.15) is 51.4 Å². The second kappa shape index (κ2) is 9.64. The van der Waals surface area contributed by atoms with Crippen molar-refractivity contribution in [2.24, 2.45) is 0 Å². The maximum Gasteiger partial charge on any atom is 0.274 e. The molecule has 1 aromatic heterocycles. The van der Waals surface area contributed by atoms with Crippen molar-refractivity contribution in [3.63, 3.8) is 0 Å². The van der Waals surface area contributed by atoms with Crippen molar-refractivity contribution < 1.29 is 9.59 Å². The summed E-state index contributed by atoms with van der Waals surface area (Å²) in [4.78, 5) is 29.4. The first-order valence-corrected chi connectivity index (χ1v) is 9.82. The maximum atomic E-state index is 12.8. The molecule has 3 rings (SSSR count). The summed E-state index contributed by atoms with van der Waals surface area (Å²) in [6.45, 7) is 4.54. The summed E-state index contributed by atoms with van der Waals surface area (Å²) in [6, 6.07) is 18.8. The molecule has 0 spiro atoms.